The highest BCUT2D eigenvalue weighted by Crippen LogP contribution is 2.23. The first kappa shape index (κ1) is 13.3. The molecule has 0 radical (unpaired) electrons. The van der Waals surface area contributed by atoms with Gasteiger partial charge in [-0.05, 0) is 42.5 Å². The Balaban J connectivity index is 1.88. The predicted octanol–water partition coefficient (Wildman–Crippen LogP) is 4.32. The van der Waals surface area contributed by atoms with Crippen LogP contribution in [0.3, 0.4) is 0 Å². The molecule has 0 atom stereocenters. The van der Waals surface area contributed by atoms with Crippen molar-refractivity contribution < 1.29 is 9.21 Å². The van der Waals surface area contributed by atoms with Gasteiger partial charge in [-0.2, -0.15) is 0 Å². The minimum atomic E-state index is -0.337. The highest BCUT2D eigenvalue weighted by molar-refractivity contribution is 6.31. The van der Waals surface area contributed by atoms with E-state index in [0.29, 0.717) is 21.9 Å². The van der Waals surface area contributed by atoms with Crippen LogP contribution in [0.1, 0.15) is 16.1 Å². The SMILES string of the molecule is C#Cc1cccc(NC(=O)c2cc3cc(Cl)ccc3o2)c1. The van der Waals surface area contributed by atoms with Crippen LogP contribution in [-0.4, -0.2) is 5.91 Å². The topological polar surface area (TPSA) is 42.2 Å². The lowest BCUT2D eigenvalue weighted by molar-refractivity contribution is 0.0998. The minimum Gasteiger partial charge on any atom is -0.451 e. The van der Waals surface area contributed by atoms with Crippen LogP contribution >= 0.6 is 11.6 Å². The van der Waals surface area contributed by atoms with E-state index < -0.39 is 0 Å². The molecule has 2 aromatic carbocycles. The van der Waals surface area contributed by atoms with Gasteiger partial charge < -0.3 is 9.73 Å². The third-order valence-electron chi connectivity index (χ3n) is 2.99. The maximum atomic E-state index is 12.2. The minimum absolute atomic E-state index is 0.221. The van der Waals surface area contributed by atoms with Gasteiger partial charge in [-0.3, -0.25) is 4.79 Å². The van der Waals surface area contributed by atoms with Crippen molar-refractivity contribution in [2.75, 3.05) is 5.32 Å². The van der Waals surface area contributed by atoms with Gasteiger partial charge in [-0.15, -0.1) is 6.42 Å². The molecule has 0 saturated carbocycles. The molecule has 1 aromatic heterocycles. The normalized spacial score (nSPS) is 10.3. The van der Waals surface area contributed by atoms with E-state index in [1.54, 1.807) is 48.5 Å². The molecule has 4 heteroatoms. The molecule has 1 heterocycles. The van der Waals surface area contributed by atoms with Gasteiger partial charge in [-0.25, -0.2) is 0 Å². The summed E-state index contributed by atoms with van der Waals surface area (Å²) in [6, 6.07) is 13.9. The number of terminal acetylenes is 1. The molecule has 3 rings (SSSR count). The number of anilines is 1. The third-order valence-corrected chi connectivity index (χ3v) is 3.22. The van der Waals surface area contributed by atoms with Crippen molar-refractivity contribution in [1.29, 1.82) is 0 Å². The number of furan rings is 1. The molecule has 0 unspecified atom stereocenters. The summed E-state index contributed by atoms with van der Waals surface area (Å²) in [5, 5.41) is 4.12. The second kappa shape index (κ2) is 5.35. The molecule has 1 amide bonds. The Morgan fingerprint density at radius 2 is 2.05 bits per heavy atom. The van der Waals surface area contributed by atoms with Gasteiger partial charge in [0.05, 0.1) is 0 Å². The standard InChI is InChI=1S/C17H10ClNO2/c1-2-11-4-3-5-14(8-11)19-17(20)16-10-12-9-13(18)6-7-15(12)21-16/h1,3-10H,(H,19,20). The van der Waals surface area contributed by atoms with Gasteiger partial charge in [0.1, 0.15) is 5.58 Å². The first-order valence-electron chi connectivity index (χ1n) is 6.23. The summed E-state index contributed by atoms with van der Waals surface area (Å²) in [6.07, 6.45) is 5.33. The van der Waals surface area contributed by atoms with E-state index in [9.17, 15) is 4.79 Å². The third kappa shape index (κ3) is 2.76. The molecule has 21 heavy (non-hydrogen) atoms. The first-order valence-corrected chi connectivity index (χ1v) is 6.60. The number of fused-ring (bicyclic) bond motifs is 1. The number of rotatable bonds is 2. The van der Waals surface area contributed by atoms with Gasteiger partial charge in [0.15, 0.2) is 5.76 Å². The fourth-order valence-electron chi connectivity index (χ4n) is 2.01. The molecule has 102 valence electrons. The molecule has 0 aliphatic heterocycles. The molecular weight excluding hydrogens is 286 g/mol. The lowest BCUT2D eigenvalue weighted by Crippen LogP contribution is -2.10. The summed E-state index contributed by atoms with van der Waals surface area (Å²) < 4.78 is 5.50. The highest BCUT2D eigenvalue weighted by atomic mass is 35.5. The summed E-state index contributed by atoms with van der Waals surface area (Å²) in [5.74, 6) is 2.40. The Kier molecular flexibility index (Phi) is 3.39. The molecule has 0 saturated heterocycles. The molecule has 0 aliphatic carbocycles. The lowest BCUT2D eigenvalue weighted by Gasteiger charge is -2.03. The number of hydrogen-bond donors (Lipinski definition) is 1. The van der Waals surface area contributed by atoms with E-state index in [4.69, 9.17) is 22.4 Å². The average molecular weight is 296 g/mol. The van der Waals surface area contributed by atoms with Crippen molar-refractivity contribution in [3.63, 3.8) is 0 Å². The number of carbonyl (C=O) groups excluding carboxylic acids is 1. The molecule has 1 N–H and O–H groups in total. The summed E-state index contributed by atoms with van der Waals surface area (Å²) in [5.41, 5.74) is 1.93. The van der Waals surface area contributed by atoms with Crippen molar-refractivity contribution >= 4 is 34.2 Å². The fraction of sp³-hybridized carbons (Fsp3) is 0. The largest absolute Gasteiger partial charge is 0.451 e. The van der Waals surface area contributed by atoms with Crippen LogP contribution in [0.25, 0.3) is 11.0 Å². The van der Waals surface area contributed by atoms with Crippen molar-refractivity contribution in [2.24, 2.45) is 0 Å². The van der Waals surface area contributed by atoms with E-state index in [2.05, 4.69) is 11.2 Å². The second-order valence-corrected chi connectivity index (χ2v) is 4.91. The van der Waals surface area contributed by atoms with Crippen molar-refractivity contribution in [3.8, 4) is 12.3 Å². The van der Waals surface area contributed by atoms with Crippen LogP contribution in [0.15, 0.2) is 52.9 Å². The van der Waals surface area contributed by atoms with E-state index in [1.165, 1.54) is 0 Å². The van der Waals surface area contributed by atoms with Crippen LogP contribution in [0.5, 0.6) is 0 Å². The Bertz CT molecular complexity index is 874. The molecular formula is C17H10ClNO2. The van der Waals surface area contributed by atoms with Crippen LogP contribution in [-0.2, 0) is 0 Å². The number of amides is 1. The summed E-state index contributed by atoms with van der Waals surface area (Å²) in [4.78, 5) is 12.2. The quantitative estimate of drug-likeness (QED) is 0.715. The average Bonchev–Trinajstić information content (AvgIpc) is 2.90. The molecule has 0 bridgehead atoms. The van der Waals surface area contributed by atoms with Gasteiger partial charge >= 0.3 is 0 Å². The fourth-order valence-corrected chi connectivity index (χ4v) is 2.19. The Hall–Kier alpha value is -2.70. The van der Waals surface area contributed by atoms with Gasteiger partial charge in [0, 0.05) is 21.7 Å². The number of nitrogens with one attached hydrogen (secondary N) is 1. The van der Waals surface area contributed by atoms with Crippen LogP contribution in [0.2, 0.25) is 5.02 Å². The number of hydrogen-bond acceptors (Lipinski definition) is 2. The summed E-state index contributed by atoms with van der Waals surface area (Å²) in [7, 11) is 0. The molecule has 3 nitrogen and oxygen atoms in total. The van der Waals surface area contributed by atoms with Crippen molar-refractivity contribution in [3.05, 3.63) is 64.9 Å². The molecule has 3 aromatic rings. The monoisotopic (exact) mass is 295 g/mol. The van der Waals surface area contributed by atoms with E-state index in [1.807, 2.05) is 0 Å². The van der Waals surface area contributed by atoms with E-state index in [0.717, 1.165) is 5.39 Å². The van der Waals surface area contributed by atoms with E-state index in [-0.39, 0.29) is 11.7 Å². The van der Waals surface area contributed by atoms with Crippen LogP contribution < -0.4 is 5.32 Å². The smallest absolute Gasteiger partial charge is 0.291 e. The van der Waals surface area contributed by atoms with Crippen molar-refractivity contribution in [1.82, 2.24) is 0 Å². The Morgan fingerprint density at radius 3 is 2.86 bits per heavy atom. The van der Waals surface area contributed by atoms with Crippen molar-refractivity contribution in [2.45, 2.75) is 0 Å². The molecule has 0 aliphatic rings. The zero-order valence-electron chi connectivity index (χ0n) is 10.9. The van der Waals surface area contributed by atoms with Crippen LogP contribution in [0.4, 0.5) is 5.69 Å². The highest BCUT2D eigenvalue weighted by Gasteiger charge is 2.12. The predicted molar refractivity (Wildman–Crippen MR) is 83.6 cm³/mol. The van der Waals surface area contributed by atoms with Crippen LogP contribution in [0, 0.1) is 12.3 Å². The second-order valence-electron chi connectivity index (χ2n) is 4.47. The number of benzene rings is 2. The van der Waals surface area contributed by atoms with E-state index >= 15 is 0 Å². The summed E-state index contributed by atoms with van der Waals surface area (Å²) >= 11 is 5.91. The Labute approximate surface area is 126 Å². The molecule has 0 fully saturated rings. The number of halogens is 1. The lowest BCUT2D eigenvalue weighted by atomic mass is 10.2. The zero-order valence-corrected chi connectivity index (χ0v) is 11.6. The molecule has 0 spiro atoms. The maximum absolute atomic E-state index is 12.2. The first-order chi connectivity index (χ1) is 10.2. The maximum Gasteiger partial charge on any atom is 0.291 e. The van der Waals surface area contributed by atoms with Gasteiger partial charge in [0.25, 0.3) is 5.91 Å². The Morgan fingerprint density at radius 1 is 1.19 bits per heavy atom. The number of carbonyl (C=O) groups is 1. The van der Waals surface area contributed by atoms with Gasteiger partial charge in [-0.1, -0.05) is 23.6 Å². The van der Waals surface area contributed by atoms with Gasteiger partial charge in [0.2, 0.25) is 0 Å². The zero-order chi connectivity index (χ0) is 14.8. The summed E-state index contributed by atoms with van der Waals surface area (Å²) in [6.45, 7) is 0.